The molecule has 2 rings (SSSR count). The first-order valence-corrected chi connectivity index (χ1v) is 6.02. The third kappa shape index (κ3) is 2.70. The van der Waals surface area contributed by atoms with Crippen LogP contribution in [0.25, 0.3) is 0 Å². The van der Waals surface area contributed by atoms with Gasteiger partial charge in [-0.2, -0.15) is 0 Å². The zero-order valence-electron chi connectivity index (χ0n) is 8.67. The summed E-state index contributed by atoms with van der Waals surface area (Å²) in [6.07, 6.45) is 13.9. The van der Waals surface area contributed by atoms with Gasteiger partial charge in [0.1, 0.15) is 0 Å². The number of nitrogens with zero attached hydrogens (tertiary/aromatic N) is 1. The Morgan fingerprint density at radius 2 is 1.69 bits per heavy atom. The van der Waals surface area contributed by atoms with E-state index in [0.717, 1.165) is 6.04 Å². The highest BCUT2D eigenvalue weighted by Gasteiger charge is 2.21. The first kappa shape index (κ1) is 9.51. The Balaban J connectivity index is 1.82. The lowest BCUT2D eigenvalue weighted by molar-refractivity contribution is 0.162. The monoisotopic (exact) mass is 180 g/mol. The number of hydrogen-bond acceptors (Lipinski definition) is 1. The fraction of sp³-hybridized carbons (Fsp3) is 0.917. The van der Waals surface area contributed by atoms with E-state index >= 15 is 0 Å². The Morgan fingerprint density at radius 3 is 2.54 bits per heavy atom. The minimum Gasteiger partial charge on any atom is -0.300 e. The Labute approximate surface area is 82.5 Å². The molecule has 2 fully saturated rings. The second-order valence-electron chi connectivity index (χ2n) is 4.55. The number of likely N-dealkylation sites (tertiary alicyclic amines) is 1. The summed E-state index contributed by atoms with van der Waals surface area (Å²) in [5.41, 5.74) is 0. The molecule has 0 aromatic heterocycles. The topological polar surface area (TPSA) is 3.24 Å². The maximum Gasteiger partial charge on any atom is 0.00952 e. The highest BCUT2D eigenvalue weighted by Crippen LogP contribution is 2.24. The van der Waals surface area contributed by atoms with Crippen molar-refractivity contribution in [1.29, 1.82) is 0 Å². The van der Waals surface area contributed by atoms with Gasteiger partial charge in [0.2, 0.25) is 0 Å². The van der Waals surface area contributed by atoms with E-state index in [-0.39, 0.29) is 0 Å². The van der Waals surface area contributed by atoms with Crippen molar-refractivity contribution < 1.29 is 0 Å². The molecule has 1 nitrogen and oxygen atoms in total. The molecule has 1 aliphatic carbocycles. The standard InChI is InChI=1S/C12H22N/c1-2-7-11-13(10-6-1)12-8-4-3-5-9-12/h1,12H,2-11H2. The van der Waals surface area contributed by atoms with E-state index in [2.05, 4.69) is 11.3 Å². The molecule has 1 saturated heterocycles. The van der Waals surface area contributed by atoms with Gasteiger partial charge in [-0.05, 0) is 51.6 Å². The van der Waals surface area contributed by atoms with Crippen molar-refractivity contribution in [2.75, 3.05) is 13.1 Å². The SMILES string of the molecule is [CH]1CCCN(C2CCCCC2)CC1. The lowest BCUT2D eigenvalue weighted by Gasteiger charge is -2.33. The Kier molecular flexibility index (Phi) is 3.65. The average Bonchev–Trinajstić information content (AvgIpc) is 2.47. The predicted molar refractivity (Wildman–Crippen MR) is 56.6 cm³/mol. The van der Waals surface area contributed by atoms with Crippen LogP contribution in [0.5, 0.6) is 0 Å². The summed E-state index contributed by atoms with van der Waals surface area (Å²) < 4.78 is 0. The van der Waals surface area contributed by atoms with Gasteiger partial charge in [-0.3, -0.25) is 0 Å². The van der Waals surface area contributed by atoms with Crippen LogP contribution in [0.3, 0.4) is 0 Å². The van der Waals surface area contributed by atoms with Gasteiger partial charge >= 0.3 is 0 Å². The molecule has 0 unspecified atom stereocenters. The van der Waals surface area contributed by atoms with Gasteiger partial charge in [0.15, 0.2) is 0 Å². The molecule has 1 saturated carbocycles. The molecule has 0 aromatic rings. The van der Waals surface area contributed by atoms with Crippen molar-refractivity contribution in [3.63, 3.8) is 0 Å². The minimum absolute atomic E-state index is 0.945. The molecule has 0 spiro atoms. The van der Waals surface area contributed by atoms with Crippen molar-refractivity contribution in [3.05, 3.63) is 6.42 Å². The van der Waals surface area contributed by atoms with E-state index in [1.807, 2.05) is 0 Å². The average molecular weight is 180 g/mol. The quantitative estimate of drug-likeness (QED) is 0.599. The van der Waals surface area contributed by atoms with Gasteiger partial charge in [0.25, 0.3) is 0 Å². The van der Waals surface area contributed by atoms with Crippen molar-refractivity contribution in [1.82, 2.24) is 4.90 Å². The van der Waals surface area contributed by atoms with E-state index in [1.165, 1.54) is 64.5 Å². The zero-order chi connectivity index (χ0) is 8.93. The van der Waals surface area contributed by atoms with Crippen LogP contribution < -0.4 is 0 Å². The molecule has 0 atom stereocenters. The van der Waals surface area contributed by atoms with E-state index in [9.17, 15) is 0 Å². The first-order chi connectivity index (χ1) is 6.47. The molecule has 1 aliphatic heterocycles. The van der Waals surface area contributed by atoms with Crippen LogP contribution in [-0.2, 0) is 0 Å². The highest BCUT2D eigenvalue weighted by molar-refractivity contribution is 4.81. The lowest BCUT2D eigenvalue weighted by atomic mass is 9.94. The van der Waals surface area contributed by atoms with Crippen LogP contribution >= 0.6 is 0 Å². The molecule has 2 aliphatic rings. The molecule has 1 heterocycles. The van der Waals surface area contributed by atoms with E-state index in [1.54, 1.807) is 0 Å². The molecule has 13 heavy (non-hydrogen) atoms. The van der Waals surface area contributed by atoms with Crippen LogP contribution in [0.4, 0.5) is 0 Å². The Morgan fingerprint density at radius 1 is 0.846 bits per heavy atom. The maximum absolute atomic E-state index is 2.75. The summed E-state index contributed by atoms with van der Waals surface area (Å²) >= 11 is 0. The van der Waals surface area contributed by atoms with Crippen molar-refractivity contribution in [2.24, 2.45) is 0 Å². The third-order valence-corrected chi connectivity index (χ3v) is 3.57. The molecule has 75 valence electrons. The molecule has 0 amide bonds. The smallest absolute Gasteiger partial charge is 0.00952 e. The molecule has 1 heteroatoms. The van der Waals surface area contributed by atoms with Crippen LogP contribution in [-0.4, -0.2) is 24.0 Å². The lowest BCUT2D eigenvalue weighted by Crippen LogP contribution is -2.37. The van der Waals surface area contributed by atoms with Crippen molar-refractivity contribution in [2.45, 2.75) is 57.4 Å². The largest absolute Gasteiger partial charge is 0.300 e. The third-order valence-electron chi connectivity index (χ3n) is 3.57. The van der Waals surface area contributed by atoms with Crippen LogP contribution in [0.1, 0.15) is 51.4 Å². The number of rotatable bonds is 1. The predicted octanol–water partition coefficient (Wildman–Crippen LogP) is 3.01. The van der Waals surface area contributed by atoms with E-state index in [4.69, 9.17) is 0 Å². The summed E-state index contributed by atoms with van der Waals surface area (Å²) in [6, 6.07) is 0.945. The molecular weight excluding hydrogens is 158 g/mol. The second kappa shape index (κ2) is 4.99. The fourth-order valence-electron chi connectivity index (χ4n) is 2.76. The normalized spacial score (nSPS) is 28.6. The van der Waals surface area contributed by atoms with E-state index < -0.39 is 0 Å². The summed E-state index contributed by atoms with van der Waals surface area (Å²) in [4.78, 5) is 2.75. The Bertz CT molecular complexity index is 130. The molecule has 1 radical (unpaired) electrons. The van der Waals surface area contributed by atoms with Gasteiger partial charge < -0.3 is 4.90 Å². The van der Waals surface area contributed by atoms with Crippen LogP contribution in [0, 0.1) is 6.42 Å². The summed E-state index contributed by atoms with van der Waals surface area (Å²) in [7, 11) is 0. The number of hydrogen-bond donors (Lipinski definition) is 0. The zero-order valence-corrected chi connectivity index (χ0v) is 8.67. The van der Waals surface area contributed by atoms with Gasteiger partial charge in [0, 0.05) is 6.04 Å². The van der Waals surface area contributed by atoms with Crippen molar-refractivity contribution in [3.8, 4) is 0 Å². The van der Waals surface area contributed by atoms with Gasteiger partial charge in [0.05, 0.1) is 0 Å². The maximum atomic E-state index is 2.75. The van der Waals surface area contributed by atoms with E-state index in [0.29, 0.717) is 0 Å². The molecule has 0 bridgehead atoms. The Hall–Kier alpha value is -0.0400. The summed E-state index contributed by atoms with van der Waals surface area (Å²) in [5, 5.41) is 0. The summed E-state index contributed by atoms with van der Waals surface area (Å²) in [5.74, 6) is 0. The fourth-order valence-corrected chi connectivity index (χ4v) is 2.76. The van der Waals surface area contributed by atoms with Gasteiger partial charge in [-0.25, -0.2) is 0 Å². The van der Waals surface area contributed by atoms with Crippen LogP contribution in [0.15, 0.2) is 0 Å². The van der Waals surface area contributed by atoms with Gasteiger partial charge in [-0.1, -0.05) is 19.3 Å². The first-order valence-electron chi connectivity index (χ1n) is 6.02. The molecule has 0 aromatic carbocycles. The summed E-state index contributed by atoms with van der Waals surface area (Å²) in [6.45, 7) is 2.70. The molecule has 0 N–H and O–H groups in total. The van der Waals surface area contributed by atoms with Gasteiger partial charge in [-0.15, -0.1) is 0 Å². The second-order valence-corrected chi connectivity index (χ2v) is 4.55. The highest BCUT2D eigenvalue weighted by atomic mass is 15.2. The van der Waals surface area contributed by atoms with Crippen LogP contribution in [0.2, 0.25) is 0 Å². The molecular formula is C12H22N. The minimum atomic E-state index is 0.945. The van der Waals surface area contributed by atoms with Crippen molar-refractivity contribution >= 4 is 0 Å².